The van der Waals surface area contributed by atoms with Gasteiger partial charge < -0.3 is 19.9 Å². The number of methoxy groups -OCH3 is 1. The van der Waals surface area contributed by atoms with Crippen molar-refractivity contribution in [2.75, 3.05) is 18.2 Å². The van der Waals surface area contributed by atoms with Gasteiger partial charge in [0.2, 0.25) is 5.91 Å². The number of benzene rings is 2. The van der Waals surface area contributed by atoms with Crippen molar-refractivity contribution >= 4 is 29.3 Å². The molecule has 9 heteroatoms. The average Bonchev–Trinajstić information content (AvgIpc) is 3.25. The summed E-state index contributed by atoms with van der Waals surface area (Å²) in [6, 6.07) is 12.5. The lowest BCUT2D eigenvalue weighted by atomic mass is 10.0. The van der Waals surface area contributed by atoms with Gasteiger partial charge in [0.25, 0.3) is 5.91 Å². The van der Waals surface area contributed by atoms with Crippen molar-refractivity contribution in [2.45, 2.75) is 52.4 Å². The number of thioether (sulfide) groups is 1. The topological polar surface area (TPSA) is 98.1 Å². The number of aromatic nitrogens is 3. The van der Waals surface area contributed by atoms with Crippen molar-refractivity contribution in [1.82, 2.24) is 20.1 Å². The van der Waals surface area contributed by atoms with E-state index in [1.54, 1.807) is 31.4 Å². The third kappa shape index (κ3) is 6.63. The van der Waals surface area contributed by atoms with E-state index in [-0.39, 0.29) is 29.5 Å². The largest absolute Gasteiger partial charge is 0.497 e. The lowest BCUT2D eigenvalue weighted by molar-refractivity contribution is -0.113. The first-order valence-corrected chi connectivity index (χ1v) is 12.6. The summed E-state index contributed by atoms with van der Waals surface area (Å²) in [6.45, 7) is 10.7. The SMILES string of the molecule is CCn1c(SCC(=O)Nc2ccc(C)c(C)c2)nnc1C(NC(=O)c1ccc(OC)cc1)C(C)C. The van der Waals surface area contributed by atoms with Crippen molar-refractivity contribution in [3.05, 3.63) is 65.0 Å². The number of nitrogens with one attached hydrogen (secondary N) is 2. The van der Waals surface area contributed by atoms with Crippen LogP contribution in [0.2, 0.25) is 0 Å². The Hall–Kier alpha value is -3.33. The van der Waals surface area contributed by atoms with E-state index in [1.807, 2.05) is 57.4 Å². The molecule has 1 atom stereocenters. The lowest BCUT2D eigenvalue weighted by Gasteiger charge is -2.22. The van der Waals surface area contributed by atoms with Crippen LogP contribution in [0, 0.1) is 19.8 Å². The molecule has 1 aromatic heterocycles. The van der Waals surface area contributed by atoms with Gasteiger partial charge in [-0.2, -0.15) is 0 Å². The van der Waals surface area contributed by atoms with Crippen LogP contribution < -0.4 is 15.4 Å². The maximum Gasteiger partial charge on any atom is 0.251 e. The number of hydrogen-bond acceptors (Lipinski definition) is 6. The fourth-order valence-corrected chi connectivity index (χ4v) is 4.39. The van der Waals surface area contributed by atoms with E-state index in [0.717, 1.165) is 11.3 Å². The summed E-state index contributed by atoms with van der Waals surface area (Å²) in [6.07, 6.45) is 0. The highest BCUT2D eigenvalue weighted by molar-refractivity contribution is 7.99. The molecule has 2 N–H and O–H groups in total. The number of ether oxygens (including phenoxy) is 1. The van der Waals surface area contributed by atoms with Crippen LogP contribution in [-0.4, -0.2) is 39.4 Å². The summed E-state index contributed by atoms with van der Waals surface area (Å²) in [5.74, 6) is 1.34. The van der Waals surface area contributed by atoms with E-state index in [4.69, 9.17) is 4.74 Å². The second-order valence-electron chi connectivity index (χ2n) is 8.64. The smallest absolute Gasteiger partial charge is 0.251 e. The summed E-state index contributed by atoms with van der Waals surface area (Å²) in [5, 5.41) is 15.4. The van der Waals surface area contributed by atoms with Gasteiger partial charge in [0.1, 0.15) is 5.75 Å². The summed E-state index contributed by atoms with van der Waals surface area (Å²) in [7, 11) is 1.59. The van der Waals surface area contributed by atoms with Crippen molar-refractivity contribution in [3.63, 3.8) is 0 Å². The van der Waals surface area contributed by atoms with Crippen LogP contribution in [0.3, 0.4) is 0 Å². The van der Waals surface area contributed by atoms with Crippen LogP contribution in [0.4, 0.5) is 5.69 Å². The molecule has 0 radical (unpaired) electrons. The highest BCUT2D eigenvalue weighted by Gasteiger charge is 2.26. The summed E-state index contributed by atoms with van der Waals surface area (Å²) in [5.41, 5.74) is 3.62. The fraction of sp³-hybridized carbons (Fsp3) is 0.385. The molecule has 2 aromatic carbocycles. The van der Waals surface area contributed by atoms with Gasteiger partial charge in [0.05, 0.1) is 18.9 Å². The number of aryl methyl sites for hydroxylation is 2. The van der Waals surface area contributed by atoms with E-state index in [9.17, 15) is 9.59 Å². The molecular weight excluding hydrogens is 462 g/mol. The summed E-state index contributed by atoms with van der Waals surface area (Å²) >= 11 is 1.33. The van der Waals surface area contributed by atoms with Gasteiger partial charge in [-0.25, -0.2) is 0 Å². The van der Waals surface area contributed by atoms with Gasteiger partial charge in [-0.05, 0) is 74.2 Å². The van der Waals surface area contributed by atoms with E-state index in [1.165, 1.54) is 17.3 Å². The number of amides is 2. The number of carbonyl (C=O) groups is 2. The van der Waals surface area contributed by atoms with Gasteiger partial charge >= 0.3 is 0 Å². The molecule has 0 saturated heterocycles. The zero-order valence-corrected chi connectivity index (χ0v) is 21.9. The van der Waals surface area contributed by atoms with Crippen molar-refractivity contribution in [1.29, 1.82) is 0 Å². The molecule has 35 heavy (non-hydrogen) atoms. The van der Waals surface area contributed by atoms with Crippen LogP contribution in [0.15, 0.2) is 47.6 Å². The molecule has 0 saturated carbocycles. The Bertz CT molecular complexity index is 1170. The highest BCUT2D eigenvalue weighted by atomic mass is 32.2. The van der Waals surface area contributed by atoms with Gasteiger partial charge in [0.15, 0.2) is 11.0 Å². The molecule has 3 rings (SSSR count). The number of carbonyl (C=O) groups excluding carboxylic acids is 2. The normalized spacial score (nSPS) is 11.9. The van der Waals surface area contributed by atoms with Crippen LogP contribution in [0.1, 0.15) is 54.1 Å². The number of anilines is 1. The predicted octanol–water partition coefficient (Wildman–Crippen LogP) is 4.78. The minimum Gasteiger partial charge on any atom is -0.497 e. The van der Waals surface area contributed by atoms with Crippen LogP contribution >= 0.6 is 11.8 Å². The molecule has 3 aromatic rings. The first-order valence-electron chi connectivity index (χ1n) is 11.6. The minimum absolute atomic E-state index is 0.0811. The van der Waals surface area contributed by atoms with Crippen molar-refractivity contribution < 1.29 is 14.3 Å². The van der Waals surface area contributed by atoms with Gasteiger partial charge in [0, 0.05) is 17.8 Å². The molecule has 0 aliphatic rings. The number of hydrogen-bond donors (Lipinski definition) is 2. The van der Waals surface area contributed by atoms with Gasteiger partial charge in [-0.1, -0.05) is 31.7 Å². The Balaban J connectivity index is 1.70. The van der Waals surface area contributed by atoms with Crippen LogP contribution in [0.5, 0.6) is 5.75 Å². The van der Waals surface area contributed by atoms with Crippen LogP contribution in [0.25, 0.3) is 0 Å². The highest BCUT2D eigenvalue weighted by Crippen LogP contribution is 2.26. The van der Waals surface area contributed by atoms with Gasteiger partial charge in [-0.3, -0.25) is 9.59 Å². The van der Waals surface area contributed by atoms with Crippen LogP contribution in [-0.2, 0) is 11.3 Å². The first-order chi connectivity index (χ1) is 16.7. The molecule has 0 aliphatic heterocycles. The predicted molar refractivity (Wildman–Crippen MR) is 139 cm³/mol. The molecule has 0 bridgehead atoms. The molecule has 1 heterocycles. The Morgan fingerprint density at radius 2 is 1.77 bits per heavy atom. The monoisotopic (exact) mass is 495 g/mol. The van der Waals surface area contributed by atoms with E-state index in [2.05, 4.69) is 20.8 Å². The molecule has 186 valence electrons. The number of rotatable bonds is 10. The summed E-state index contributed by atoms with van der Waals surface area (Å²) in [4.78, 5) is 25.4. The Morgan fingerprint density at radius 3 is 2.37 bits per heavy atom. The Labute approximate surface area is 210 Å². The van der Waals surface area contributed by atoms with E-state index >= 15 is 0 Å². The standard InChI is InChI=1S/C26H33N5O3S/c1-7-31-24(23(16(2)3)28-25(33)19-9-12-21(34-6)13-10-19)29-30-26(31)35-15-22(32)27-20-11-8-17(4)18(5)14-20/h8-14,16,23H,7,15H2,1-6H3,(H,27,32)(H,28,33). The average molecular weight is 496 g/mol. The lowest BCUT2D eigenvalue weighted by Crippen LogP contribution is -2.33. The zero-order chi connectivity index (χ0) is 25.5. The van der Waals surface area contributed by atoms with Crippen molar-refractivity contribution in [3.8, 4) is 5.75 Å². The number of nitrogens with zero attached hydrogens (tertiary/aromatic N) is 3. The maximum atomic E-state index is 12.9. The molecule has 0 spiro atoms. The third-order valence-electron chi connectivity index (χ3n) is 5.77. The van der Waals surface area contributed by atoms with E-state index < -0.39 is 0 Å². The second kappa shape index (κ2) is 11.9. The van der Waals surface area contributed by atoms with Gasteiger partial charge in [-0.15, -0.1) is 10.2 Å². The second-order valence-corrected chi connectivity index (χ2v) is 9.59. The minimum atomic E-state index is -0.337. The zero-order valence-electron chi connectivity index (χ0n) is 21.1. The Kier molecular flexibility index (Phi) is 8.92. The molecule has 1 unspecified atom stereocenters. The van der Waals surface area contributed by atoms with Crippen molar-refractivity contribution in [2.24, 2.45) is 5.92 Å². The first kappa shape index (κ1) is 26.3. The van der Waals surface area contributed by atoms with E-state index in [0.29, 0.717) is 28.8 Å². The molecule has 2 amide bonds. The summed E-state index contributed by atoms with van der Waals surface area (Å²) < 4.78 is 7.12. The molecular formula is C26H33N5O3S. The molecule has 0 fully saturated rings. The Morgan fingerprint density at radius 1 is 1.06 bits per heavy atom. The molecule has 8 nitrogen and oxygen atoms in total. The fourth-order valence-electron chi connectivity index (χ4n) is 3.58. The quantitative estimate of drug-likeness (QED) is 0.393. The molecule has 0 aliphatic carbocycles. The maximum absolute atomic E-state index is 12.9. The third-order valence-corrected chi connectivity index (χ3v) is 6.74.